The van der Waals surface area contributed by atoms with Gasteiger partial charge in [0.25, 0.3) is 15.7 Å². The van der Waals surface area contributed by atoms with Crippen molar-refractivity contribution in [2.24, 2.45) is 11.7 Å². The second-order valence-electron chi connectivity index (χ2n) is 7.44. The van der Waals surface area contributed by atoms with E-state index in [4.69, 9.17) is 5.73 Å². The number of aromatic nitrogens is 2. The third-order valence-corrected chi connectivity index (χ3v) is 6.96. The number of rotatable bonds is 6. The molecular weight excluding hydrogens is 449 g/mol. The molecule has 1 aromatic carbocycles. The first-order valence-corrected chi connectivity index (χ1v) is 11.1. The molecular formula is C19H21F3N6O3S. The van der Waals surface area contributed by atoms with E-state index >= 15 is 0 Å². The number of anilines is 2. The van der Waals surface area contributed by atoms with Gasteiger partial charge in [0.2, 0.25) is 0 Å². The number of nitrogens with two attached hydrogens (primary N) is 1. The summed E-state index contributed by atoms with van der Waals surface area (Å²) in [5.74, 6) is -1.08. The second-order valence-corrected chi connectivity index (χ2v) is 9.38. The maximum atomic E-state index is 12.7. The van der Waals surface area contributed by atoms with Crippen LogP contribution in [0.1, 0.15) is 35.7 Å². The molecule has 1 unspecified atom stereocenters. The predicted molar refractivity (Wildman–Crippen MR) is 109 cm³/mol. The molecule has 3 rings (SSSR count). The molecule has 32 heavy (non-hydrogen) atoms. The zero-order chi connectivity index (χ0) is 23.7. The fourth-order valence-electron chi connectivity index (χ4n) is 3.69. The fraction of sp³-hybridized carbons (Fsp3) is 0.421. The quantitative estimate of drug-likeness (QED) is 0.588. The SMILES string of the molecule is CNC1CC[C@H](n2cc(C(N)=O)c(Nc3ccc(S(=O)(=O)C(F)(F)F)cc3)n2)[C@@H](C#N)C1. The van der Waals surface area contributed by atoms with Gasteiger partial charge in [-0.2, -0.15) is 23.5 Å². The van der Waals surface area contributed by atoms with Gasteiger partial charge in [-0.05, 0) is 50.6 Å². The minimum atomic E-state index is -5.47. The van der Waals surface area contributed by atoms with Crippen LogP contribution in [0, 0.1) is 17.2 Å². The van der Waals surface area contributed by atoms with Crippen LogP contribution in [-0.2, 0) is 9.84 Å². The average molecular weight is 470 g/mol. The molecule has 0 saturated heterocycles. The van der Waals surface area contributed by atoms with E-state index in [0.717, 1.165) is 30.7 Å². The Kier molecular flexibility index (Phi) is 6.47. The summed E-state index contributed by atoms with van der Waals surface area (Å²) in [6.07, 6.45) is 3.50. The normalized spacial score (nSPS) is 21.7. The molecule has 3 atom stereocenters. The molecule has 1 aromatic heterocycles. The lowest BCUT2D eigenvalue weighted by molar-refractivity contribution is -0.0436. The summed E-state index contributed by atoms with van der Waals surface area (Å²) in [6, 6.07) is 6.04. The first kappa shape index (κ1) is 23.6. The topological polar surface area (TPSA) is 143 Å². The maximum absolute atomic E-state index is 12.7. The van der Waals surface area contributed by atoms with Crippen LogP contribution in [0.4, 0.5) is 24.7 Å². The Balaban J connectivity index is 1.87. The van der Waals surface area contributed by atoms with Gasteiger partial charge < -0.3 is 16.4 Å². The van der Waals surface area contributed by atoms with Crippen LogP contribution in [0.3, 0.4) is 0 Å². The molecule has 1 fully saturated rings. The van der Waals surface area contributed by atoms with Crippen LogP contribution >= 0.6 is 0 Å². The van der Waals surface area contributed by atoms with Crippen LogP contribution < -0.4 is 16.4 Å². The molecule has 1 aliphatic carbocycles. The smallest absolute Gasteiger partial charge is 0.365 e. The first-order valence-electron chi connectivity index (χ1n) is 9.62. The molecule has 1 amide bonds. The summed E-state index contributed by atoms with van der Waals surface area (Å²) in [5, 5.41) is 19.8. The molecule has 0 bridgehead atoms. The van der Waals surface area contributed by atoms with Gasteiger partial charge >= 0.3 is 5.51 Å². The molecule has 13 heteroatoms. The summed E-state index contributed by atoms with van der Waals surface area (Å²) in [5.41, 5.74) is 0.261. The number of carbonyl (C=O) groups is 1. The fourth-order valence-corrected chi connectivity index (χ4v) is 4.46. The number of nitrogens with zero attached hydrogens (tertiary/aromatic N) is 3. The van der Waals surface area contributed by atoms with Gasteiger partial charge in [0.05, 0.1) is 22.9 Å². The van der Waals surface area contributed by atoms with Crippen molar-refractivity contribution in [3.8, 4) is 6.07 Å². The standard InChI is InChI=1S/C19H21F3N6O3S/c1-25-13-4-7-16(11(8-13)9-23)28-10-15(17(24)29)18(27-28)26-12-2-5-14(6-3-12)32(30,31)19(20,21)22/h2-3,5-6,10-11,13,16,25H,4,7-8H2,1H3,(H2,24,29)(H,26,27)/t11-,13?,16+/m1/s1. The van der Waals surface area contributed by atoms with Crippen LogP contribution in [0.5, 0.6) is 0 Å². The van der Waals surface area contributed by atoms with Gasteiger partial charge in [-0.1, -0.05) is 0 Å². The zero-order valence-corrected chi connectivity index (χ0v) is 17.7. The van der Waals surface area contributed by atoms with Gasteiger partial charge in [0.15, 0.2) is 5.82 Å². The van der Waals surface area contributed by atoms with E-state index in [9.17, 15) is 31.6 Å². The number of nitrogens with one attached hydrogen (secondary N) is 2. The number of benzene rings is 1. The van der Waals surface area contributed by atoms with E-state index in [2.05, 4.69) is 21.8 Å². The largest absolute Gasteiger partial charge is 0.501 e. The van der Waals surface area contributed by atoms with Gasteiger partial charge in [0, 0.05) is 17.9 Å². The lowest BCUT2D eigenvalue weighted by Crippen LogP contribution is -2.36. The van der Waals surface area contributed by atoms with Crippen LogP contribution in [0.15, 0.2) is 35.4 Å². The number of hydrogen-bond acceptors (Lipinski definition) is 7. The number of nitriles is 1. The Bertz CT molecular complexity index is 1140. The number of halogens is 3. The average Bonchev–Trinajstić information content (AvgIpc) is 3.16. The summed E-state index contributed by atoms with van der Waals surface area (Å²) in [4.78, 5) is 11.0. The number of carbonyl (C=O) groups excluding carboxylic acids is 1. The number of primary amides is 1. The van der Waals surface area contributed by atoms with Gasteiger partial charge in [0.1, 0.15) is 5.56 Å². The molecule has 2 aromatic rings. The molecule has 0 radical (unpaired) electrons. The minimum absolute atomic E-state index is 0.0319. The van der Waals surface area contributed by atoms with E-state index in [1.54, 1.807) is 0 Å². The lowest BCUT2D eigenvalue weighted by Gasteiger charge is -2.32. The van der Waals surface area contributed by atoms with Crippen molar-refractivity contribution >= 4 is 27.2 Å². The molecule has 1 heterocycles. The maximum Gasteiger partial charge on any atom is 0.501 e. The summed E-state index contributed by atoms with van der Waals surface area (Å²) < 4.78 is 62.6. The van der Waals surface area contributed by atoms with Gasteiger partial charge in [-0.15, -0.1) is 0 Å². The molecule has 172 valence electrons. The van der Waals surface area contributed by atoms with E-state index in [1.807, 2.05) is 7.05 Å². The zero-order valence-electron chi connectivity index (χ0n) is 16.9. The van der Waals surface area contributed by atoms with E-state index in [1.165, 1.54) is 10.9 Å². The van der Waals surface area contributed by atoms with E-state index < -0.39 is 26.1 Å². The molecule has 4 N–H and O–H groups in total. The van der Waals surface area contributed by atoms with E-state index in [-0.39, 0.29) is 35.1 Å². The predicted octanol–water partition coefficient (Wildman–Crippen LogP) is 2.47. The minimum Gasteiger partial charge on any atom is -0.365 e. The highest BCUT2D eigenvalue weighted by Crippen LogP contribution is 2.35. The van der Waals surface area contributed by atoms with Crippen molar-refractivity contribution in [1.29, 1.82) is 5.26 Å². The molecule has 9 nitrogen and oxygen atoms in total. The highest BCUT2D eigenvalue weighted by Gasteiger charge is 2.46. The van der Waals surface area contributed by atoms with Crippen molar-refractivity contribution in [3.63, 3.8) is 0 Å². The molecule has 0 spiro atoms. The second kappa shape index (κ2) is 8.79. The molecule has 1 saturated carbocycles. The van der Waals surface area contributed by atoms with Crippen LogP contribution in [0.25, 0.3) is 0 Å². The third-order valence-electron chi connectivity index (χ3n) is 5.46. The third kappa shape index (κ3) is 4.56. The summed E-state index contributed by atoms with van der Waals surface area (Å²) >= 11 is 0. The number of alkyl halides is 3. The van der Waals surface area contributed by atoms with Crippen molar-refractivity contribution in [1.82, 2.24) is 15.1 Å². The van der Waals surface area contributed by atoms with Crippen LogP contribution in [0.2, 0.25) is 0 Å². The number of amides is 1. The summed E-state index contributed by atoms with van der Waals surface area (Å²) in [6.45, 7) is 0. The van der Waals surface area contributed by atoms with Crippen molar-refractivity contribution < 1.29 is 26.4 Å². The van der Waals surface area contributed by atoms with E-state index in [0.29, 0.717) is 12.8 Å². The Hall–Kier alpha value is -3.11. The Labute approximate surface area is 182 Å². The number of hydrogen-bond donors (Lipinski definition) is 3. The van der Waals surface area contributed by atoms with Crippen molar-refractivity contribution in [3.05, 3.63) is 36.0 Å². The van der Waals surface area contributed by atoms with Crippen molar-refractivity contribution in [2.45, 2.75) is 41.7 Å². The highest BCUT2D eigenvalue weighted by molar-refractivity contribution is 7.92. The van der Waals surface area contributed by atoms with Crippen molar-refractivity contribution in [2.75, 3.05) is 12.4 Å². The first-order chi connectivity index (χ1) is 15.0. The highest BCUT2D eigenvalue weighted by atomic mass is 32.2. The molecule has 0 aliphatic heterocycles. The van der Waals surface area contributed by atoms with Gasteiger partial charge in [-0.25, -0.2) is 8.42 Å². The lowest BCUT2D eigenvalue weighted by atomic mass is 9.82. The monoisotopic (exact) mass is 470 g/mol. The number of sulfone groups is 1. The van der Waals surface area contributed by atoms with Crippen LogP contribution in [-0.4, -0.2) is 42.7 Å². The Morgan fingerprint density at radius 3 is 2.47 bits per heavy atom. The van der Waals surface area contributed by atoms with Gasteiger partial charge in [-0.3, -0.25) is 9.48 Å². The Morgan fingerprint density at radius 2 is 1.94 bits per heavy atom. The summed E-state index contributed by atoms with van der Waals surface area (Å²) in [7, 11) is -3.65. The Morgan fingerprint density at radius 1 is 1.28 bits per heavy atom. The molecule has 1 aliphatic rings.